The van der Waals surface area contributed by atoms with Crippen LogP contribution < -0.4 is 9.47 Å². The van der Waals surface area contributed by atoms with Crippen LogP contribution in [0.2, 0.25) is 0 Å². The van der Waals surface area contributed by atoms with E-state index in [4.69, 9.17) is 14.6 Å². The number of hydrogen-bond donors (Lipinski definition) is 1. The van der Waals surface area contributed by atoms with Crippen molar-refractivity contribution in [2.75, 3.05) is 6.61 Å². The fourth-order valence-corrected chi connectivity index (χ4v) is 5.97. The number of rotatable bonds is 6. The van der Waals surface area contributed by atoms with E-state index in [1.165, 1.54) is 0 Å². The number of carboxylic acids is 1. The first-order valence-electron chi connectivity index (χ1n) is 12.9. The predicted octanol–water partition coefficient (Wildman–Crippen LogP) is 7.19. The zero-order chi connectivity index (χ0) is 26.4. The molecule has 192 valence electrons. The average Bonchev–Trinajstić information content (AvgIpc) is 3.50. The smallest absolute Gasteiger partial charge is 0.304 e. The first-order chi connectivity index (χ1) is 18.4. The van der Waals surface area contributed by atoms with Gasteiger partial charge in [0.15, 0.2) is 0 Å². The number of aliphatic carboxylic acids is 1. The molecule has 1 N–H and O–H groups in total. The second-order valence-electron chi connectivity index (χ2n) is 10.1. The summed E-state index contributed by atoms with van der Waals surface area (Å²) >= 11 is 0. The molecule has 0 amide bonds. The van der Waals surface area contributed by atoms with E-state index < -0.39 is 12.1 Å². The lowest BCUT2D eigenvalue weighted by molar-refractivity contribution is -0.137. The molecule has 0 saturated carbocycles. The molecule has 38 heavy (non-hydrogen) atoms. The van der Waals surface area contributed by atoms with Crippen LogP contribution in [0.25, 0.3) is 22.4 Å². The van der Waals surface area contributed by atoms with E-state index in [2.05, 4.69) is 31.0 Å². The van der Waals surface area contributed by atoms with Gasteiger partial charge in [-0.15, -0.1) is 0 Å². The summed E-state index contributed by atoms with van der Waals surface area (Å²) in [6, 6.07) is 19.1. The second kappa shape index (κ2) is 9.60. The van der Waals surface area contributed by atoms with Crippen molar-refractivity contribution < 1.29 is 23.8 Å². The molecule has 3 aromatic carbocycles. The van der Waals surface area contributed by atoms with Gasteiger partial charge in [-0.3, -0.25) is 9.78 Å². The molecule has 0 radical (unpaired) electrons. The highest BCUT2D eigenvalue weighted by Crippen LogP contribution is 2.45. The van der Waals surface area contributed by atoms with Crippen LogP contribution in [0, 0.1) is 19.7 Å². The van der Waals surface area contributed by atoms with Crippen molar-refractivity contribution in [2.24, 2.45) is 0 Å². The molecule has 5 nitrogen and oxygen atoms in total. The van der Waals surface area contributed by atoms with Crippen molar-refractivity contribution in [1.82, 2.24) is 4.98 Å². The molecule has 0 spiro atoms. The van der Waals surface area contributed by atoms with Gasteiger partial charge in [-0.05, 0) is 90.9 Å². The number of aryl methyl sites for hydroxylation is 2. The van der Waals surface area contributed by atoms with Gasteiger partial charge in [0.05, 0.1) is 18.7 Å². The number of fused-ring (bicyclic) bond motifs is 2. The molecule has 1 aromatic heterocycles. The monoisotopic (exact) mass is 509 g/mol. The predicted molar refractivity (Wildman–Crippen MR) is 143 cm³/mol. The summed E-state index contributed by atoms with van der Waals surface area (Å²) in [6.07, 6.45) is 2.80. The minimum atomic E-state index is -0.850. The van der Waals surface area contributed by atoms with E-state index in [1.54, 1.807) is 18.3 Å². The molecule has 1 aliphatic carbocycles. The Kier molecular flexibility index (Phi) is 6.10. The summed E-state index contributed by atoms with van der Waals surface area (Å²) in [4.78, 5) is 15.6. The number of hydrogen-bond acceptors (Lipinski definition) is 4. The van der Waals surface area contributed by atoms with E-state index in [9.17, 15) is 4.79 Å². The summed E-state index contributed by atoms with van der Waals surface area (Å²) in [5.74, 6) is -0.0442. The highest BCUT2D eigenvalue weighted by molar-refractivity contribution is 5.79. The number of aromatic nitrogens is 1. The Morgan fingerprint density at radius 2 is 1.92 bits per heavy atom. The van der Waals surface area contributed by atoms with Crippen LogP contribution in [0.3, 0.4) is 0 Å². The number of pyridine rings is 1. The fraction of sp³-hybridized carbons (Fsp3) is 0.250. The third-order valence-corrected chi connectivity index (χ3v) is 7.61. The van der Waals surface area contributed by atoms with E-state index in [0.717, 1.165) is 51.1 Å². The largest absolute Gasteiger partial charge is 0.492 e. The molecule has 4 aromatic rings. The first kappa shape index (κ1) is 24.2. The molecule has 2 unspecified atom stereocenters. The van der Waals surface area contributed by atoms with Crippen LogP contribution in [-0.2, 0) is 11.2 Å². The van der Waals surface area contributed by atoms with Gasteiger partial charge >= 0.3 is 5.97 Å². The average molecular weight is 510 g/mol. The maximum absolute atomic E-state index is 15.2. The van der Waals surface area contributed by atoms with Crippen molar-refractivity contribution in [3.63, 3.8) is 0 Å². The van der Waals surface area contributed by atoms with Gasteiger partial charge < -0.3 is 14.6 Å². The SMILES string of the molecule is Cc1cc(-c2ccccn2)cc(C)c1-c1ccc(F)c2c1CCC2Oc1ccc2c(c1)OCC2CC(=O)O. The van der Waals surface area contributed by atoms with E-state index in [-0.39, 0.29) is 18.2 Å². The van der Waals surface area contributed by atoms with Gasteiger partial charge in [0, 0.05) is 34.9 Å². The zero-order valence-corrected chi connectivity index (χ0v) is 21.3. The quantitative estimate of drug-likeness (QED) is 0.298. The second-order valence-corrected chi connectivity index (χ2v) is 10.1. The highest BCUT2D eigenvalue weighted by atomic mass is 19.1. The van der Waals surface area contributed by atoms with E-state index in [0.29, 0.717) is 30.1 Å². The summed E-state index contributed by atoms with van der Waals surface area (Å²) < 4.78 is 27.3. The van der Waals surface area contributed by atoms with Crippen molar-refractivity contribution in [3.05, 3.63) is 100 Å². The summed E-state index contributed by atoms with van der Waals surface area (Å²) in [5, 5.41) is 9.15. The molecular formula is C32H28FNO4. The maximum Gasteiger partial charge on any atom is 0.304 e. The molecule has 2 atom stereocenters. The Labute approximate surface area is 220 Å². The molecule has 6 rings (SSSR count). The lowest BCUT2D eigenvalue weighted by Gasteiger charge is -2.19. The summed E-state index contributed by atoms with van der Waals surface area (Å²) in [7, 11) is 0. The Hall–Kier alpha value is -4.19. The molecule has 0 bridgehead atoms. The van der Waals surface area contributed by atoms with Crippen LogP contribution in [0.4, 0.5) is 4.39 Å². The Bertz CT molecular complexity index is 1530. The molecule has 1 aliphatic heterocycles. The third-order valence-electron chi connectivity index (χ3n) is 7.61. The van der Waals surface area contributed by atoms with Crippen LogP contribution >= 0.6 is 0 Å². The lowest BCUT2D eigenvalue weighted by atomic mass is 9.88. The minimum absolute atomic E-state index is 0.0267. The highest BCUT2D eigenvalue weighted by Gasteiger charge is 2.32. The number of halogens is 1. The Balaban J connectivity index is 1.31. The van der Waals surface area contributed by atoms with E-state index >= 15 is 4.39 Å². The molecule has 6 heteroatoms. The molecule has 0 fully saturated rings. The number of ether oxygens (including phenoxy) is 2. The van der Waals surface area contributed by atoms with Crippen LogP contribution in [0.1, 0.15) is 52.7 Å². The maximum atomic E-state index is 15.2. The Morgan fingerprint density at radius 1 is 1.11 bits per heavy atom. The van der Waals surface area contributed by atoms with Crippen molar-refractivity contribution >= 4 is 5.97 Å². The molecular weight excluding hydrogens is 481 g/mol. The van der Waals surface area contributed by atoms with Crippen LogP contribution in [0.15, 0.2) is 66.9 Å². The van der Waals surface area contributed by atoms with Gasteiger partial charge in [-0.1, -0.05) is 18.2 Å². The first-order valence-corrected chi connectivity index (χ1v) is 12.9. The van der Waals surface area contributed by atoms with E-state index in [1.807, 2.05) is 36.4 Å². The minimum Gasteiger partial charge on any atom is -0.492 e. The molecule has 2 heterocycles. The van der Waals surface area contributed by atoms with Gasteiger partial charge in [0.1, 0.15) is 23.4 Å². The van der Waals surface area contributed by atoms with Crippen LogP contribution in [0.5, 0.6) is 11.5 Å². The number of nitrogens with zero attached hydrogens (tertiary/aromatic N) is 1. The summed E-state index contributed by atoms with van der Waals surface area (Å²) in [5.41, 5.74) is 8.88. The van der Waals surface area contributed by atoms with Crippen molar-refractivity contribution in [1.29, 1.82) is 0 Å². The van der Waals surface area contributed by atoms with Gasteiger partial charge in [-0.25, -0.2) is 4.39 Å². The van der Waals surface area contributed by atoms with Crippen molar-refractivity contribution in [3.8, 4) is 33.9 Å². The zero-order valence-electron chi connectivity index (χ0n) is 21.3. The van der Waals surface area contributed by atoms with Crippen molar-refractivity contribution in [2.45, 2.75) is 45.1 Å². The Morgan fingerprint density at radius 3 is 2.66 bits per heavy atom. The van der Waals surface area contributed by atoms with Gasteiger partial charge in [-0.2, -0.15) is 0 Å². The number of carboxylic acid groups (broad SMARTS) is 1. The fourth-order valence-electron chi connectivity index (χ4n) is 5.97. The third kappa shape index (κ3) is 4.30. The molecule has 0 saturated heterocycles. The number of benzene rings is 3. The normalized spacial score (nSPS) is 17.6. The summed E-state index contributed by atoms with van der Waals surface area (Å²) in [6.45, 7) is 4.53. The van der Waals surface area contributed by atoms with Gasteiger partial charge in [0.25, 0.3) is 0 Å². The topological polar surface area (TPSA) is 68.7 Å². The lowest BCUT2D eigenvalue weighted by Crippen LogP contribution is -2.07. The standard InChI is InChI=1S/C32H28FNO4/c1-18-13-20(27-5-3-4-12-34-27)14-19(2)31(18)24-8-10-26(33)32-25(24)9-11-28(32)38-22-6-7-23-21(15-30(35)36)17-37-29(23)16-22/h3-8,10,12-14,16,21,28H,9,11,15,17H2,1-2H3,(H,35,36). The molecule has 2 aliphatic rings. The van der Waals surface area contributed by atoms with Gasteiger partial charge in [0.2, 0.25) is 0 Å². The van der Waals surface area contributed by atoms with Crippen LogP contribution in [-0.4, -0.2) is 22.7 Å². The number of carbonyl (C=O) groups is 1.